The first-order valence-corrected chi connectivity index (χ1v) is 6.53. The smallest absolute Gasteiger partial charge is 0.335 e. The van der Waals surface area contributed by atoms with E-state index in [0.717, 1.165) is 0 Å². The van der Waals surface area contributed by atoms with E-state index in [-0.39, 0.29) is 19.0 Å². The monoisotopic (exact) mass is 315 g/mol. The van der Waals surface area contributed by atoms with Crippen molar-refractivity contribution in [3.8, 4) is 11.7 Å². The first-order valence-electron chi connectivity index (χ1n) is 5.78. The fraction of sp³-hybridized carbons (Fsp3) is 0.250. The van der Waals surface area contributed by atoms with Gasteiger partial charge in [-0.05, 0) is 24.6 Å². The zero-order valence-corrected chi connectivity index (χ0v) is 11.8. The molecule has 0 saturated heterocycles. The van der Waals surface area contributed by atoms with Crippen molar-refractivity contribution in [3.05, 3.63) is 34.6 Å². The Kier molecular flexibility index (Phi) is 4.81. The van der Waals surface area contributed by atoms with Gasteiger partial charge in [-0.25, -0.2) is 4.68 Å². The Hall–Kier alpha value is -1.79. The zero-order valence-electron chi connectivity index (χ0n) is 10.3. The highest BCUT2D eigenvalue weighted by molar-refractivity contribution is 6.42. The maximum Gasteiger partial charge on any atom is 0.335 e. The second-order valence-electron chi connectivity index (χ2n) is 3.92. The number of rotatable bonds is 6. The molecule has 0 unspecified atom stereocenters. The Morgan fingerprint density at radius 3 is 2.85 bits per heavy atom. The van der Waals surface area contributed by atoms with E-state index in [0.29, 0.717) is 22.2 Å². The maximum absolute atomic E-state index is 10.3. The highest BCUT2D eigenvalue weighted by Crippen LogP contribution is 2.24. The Morgan fingerprint density at radius 2 is 2.15 bits per heavy atom. The van der Waals surface area contributed by atoms with Crippen LogP contribution in [0.4, 0.5) is 0 Å². The van der Waals surface area contributed by atoms with E-state index in [1.54, 1.807) is 18.2 Å². The predicted octanol–water partition coefficient (Wildman–Crippen LogP) is 2.82. The standard InChI is InChI=1S/C12H11Cl2N3O3/c13-9-4-3-8(6-10(9)14)17-7-15-12(16-17)20-5-1-2-11(18)19/h3-4,6-7H,1-2,5H2,(H,18,19). The van der Waals surface area contributed by atoms with E-state index >= 15 is 0 Å². The summed E-state index contributed by atoms with van der Waals surface area (Å²) >= 11 is 11.8. The molecule has 2 aromatic rings. The SMILES string of the molecule is O=C(O)CCCOc1ncn(-c2ccc(Cl)c(Cl)c2)n1. The number of hydrogen-bond donors (Lipinski definition) is 1. The Balaban J connectivity index is 1.97. The summed E-state index contributed by atoms with van der Waals surface area (Å²) < 4.78 is 6.74. The topological polar surface area (TPSA) is 77.2 Å². The van der Waals surface area contributed by atoms with E-state index in [1.165, 1.54) is 11.0 Å². The zero-order chi connectivity index (χ0) is 14.5. The fourth-order valence-corrected chi connectivity index (χ4v) is 1.75. The van der Waals surface area contributed by atoms with Gasteiger partial charge in [0.05, 0.1) is 22.3 Å². The number of benzene rings is 1. The Morgan fingerprint density at radius 1 is 1.35 bits per heavy atom. The van der Waals surface area contributed by atoms with Gasteiger partial charge in [0.1, 0.15) is 6.33 Å². The lowest BCUT2D eigenvalue weighted by Crippen LogP contribution is -2.03. The molecule has 8 heteroatoms. The molecule has 0 saturated carbocycles. The number of aromatic nitrogens is 3. The van der Waals surface area contributed by atoms with Gasteiger partial charge in [-0.1, -0.05) is 23.2 Å². The lowest BCUT2D eigenvalue weighted by atomic mass is 10.3. The van der Waals surface area contributed by atoms with Crippen LogP contribution < -0.4 is 4.74 Å². The Labute approximate surface area is 124 Å². The van der Waals surface area contributed by atoms with Crippen molar-refractivity contribution in [1.82, 2.24) is 14.8 Å². The normalized spacial score (nSPS) is 10.5. The third kappa shape index (κ3) is 3.85. The average Bonchev–Trinajstić information content (AvgIpc) is 2.86. The summed E-state index contributed by atoms with van der Waals surface area (Å²) in [5.41, 5.74) is 0.701. The number of aliphatic carboxylic acids is 1. The van der Waals surface area contributed by atoms with E-state index in [1.807, 2.05) is 0 Å². The molecule has 6 nitrogen and oxygen atoms in total. The lowest BCUT2D eigenvalue weighted by molar-refractivity contribution is -0.137. The first kappa shape index (κ1) is 14.6. The molecule has 0 bridgehead atoms. The molecule has 0 amide bonds. The fourth-order valence-electron chi connectivity index (χ4n) is 1.45. The highest BCUT2D eigenvalue weighted by Gasteiger charge is 2.06. The van der Waals surface area contributed by atoms with E-state index in [9.17, 15) is 4.79 Å². The van der Waals surface area contributed by atoms with Gasteiger partial charge in [0.15, 0.2) is 0 Å². The van der Waals surface area contributed by atoms with Crippen LogP contribution >= 0.6 is 23.2 Å². The van der Waals surface area contributed by atoms with Gasteiger partial charge >= 0.3 is 12.0 Å². The van der Waals surface area contributed by atoms with E-state index in [2.05, 4.69) is 10.1 Å². The minimum atomic E-state index is -0.858. The van der Waals surface area contributed by atoms with Gasteiger partial charge in [-0.3, -0.25) is 4.79 Å². The van der Waals surface area contributed by atoms with Crippen LogP contribution in [0, 0.1) is 0 Å². The maximum atomic E-state index is 10.3. The average molecular weight is 316 g/mol. The molecular weight excluding hydrogens is 305 g/mol. The minimum absolute atomic E-state index is 0.0491. The van der Waals surface area contributed by atoms with Crippen molar-refractivity contribution in [3.63, 3.8) is 0 Å². The predicted molar refractivity (Wildman–Crippen MR) is 73.7 cm³/mol. The van der Waals surface area contributed by atoms with E-state index < -0.39 is 5.97 Å². The van der Waals surface area contributed by atoms with Crippen molar-refractivity contribution >= 4 is 29.2 Å². The third-order valence-corrected chi connectivity index (χ3v) is 3.14. The van der Waals surface area contributed by atoms with Crippen molar-refractivity contribution < 1.29 is 14.6 Å². The second kappa shape index (κ2) is 6.58. The molecule has 0 aliphatic rings. The number of carboxylic acid groups (broad SMARTS) is 1. The van der Waals surface area contributed by atoms with Crippen LogP contribution in [0.15, 0.2) is 24.5 Å². The molecule has 1 heterocycles. The van der Waals surface area contributed by atoms with Crippen LogP contribution in [0.3, 0.4) is 0 Å². The van der Waals surface area contributed by atoms with Crippen LogP contribution in [-0.4, -0.2) is 32.4 Å². The summed E-state index contributed by atoms with van der Waals surface area (Å²) in [6.07, 6.45) is 1.93. The molecule has 2 rings (SSSR count). The molecule has 0 aliphatic heterocycles. The number of carboxylic acids is 1. The van der Waals surface area contributed by atoms with Crippen LogP contribution in [0.2, 0.25) is 10.0 Å². The number of ether oxygens (including phenoxy) is 1. The van der Waals surface area contributed by atoms with Crippen molar-refractivity contribution in [2.45, 2.75) is 12.8 Å². The van der Waals surface area contributed by atoms with E-state index in [4.69, 9.17) is 33.0 Å². The van der Waals surface area contributed by atoms with Crippen LogP contribution in [0.5, 0.6) is 6.01 Å². The molecular formula is C12H11Cl2N3O3. The highest BCUT2D eigenvalue weighted by atomic mass is 35.5. The molecule has 106 valence electrons. The van der Waals surface area contributed by atoms with Crippen molar-refractivity contribution in [1.29, 1.82) is 0 Å². The summed E-state index contributed by atoms with van der Waals surface area (Å²) in [5.74, 6) is -0.858. The van der Waals surface area contributed by atoms with Gasteiger partial charge in [-0.15, -0.1) is 5.10 Å². The third-order valence-electron chi connectivity index (χ3n) is 2.40. The van der Waals surface area contributed by atoms with Gasteiger partial charge in [0, 0.05) is 6.42 Å². The number of halogens is 2. The molecule has 0 atom stereocenters. The van der Waals surface area contributed by atoms with Gasteiger partial charge < -0.3 is 9.84 Å². The lowest BCUT2D eigenvalue weighted by Gasteiger charge is -2.02. The van der Waals surface area contributed by atoms with Crippen molar-refractivity contribution in [2.75, 3.05) is 6.61 Å². The second-order valence-corrected chi connectivity index (χ2v) is 4.73. The molecule has 0 radical (unpaired) electrons. The van der Waals surface area contributed by atoms with Crippen LogP contribution in [-0.2, 0) is 4.79 Å². The molecule has 1 aromatic carbocycles. The van der Waals surface area contributed by atoms with Crippen molar-refractivity contribution in [2.24, 2.45) is 0 Å². The largest absolute Gasteiger partial charge is 0.481 e. The number of nitrogens with zero attached hydrogens (tertiary/aromatic N) is 3. The summed E-state index contributed by atoms with van der Waals surface area (Å²) in [5, 5.41) is 13.5. The molecule has 1 N–H and O–H groups in total. The summed E-state index contributed by atoms with van der Waals surface area (Å²) in [6.45, 7) is 0.248. The van der Waals surface area contributed by atoms with Gasteiger partial charge in [0.25, 0.3) is 0 Å². The molecule has 1 aromatic heterocycles. The van der Waals surface area contributed by atoms with Crippen LogP contribution in [0.25, 0.3) is 5.69 Å². The first-order chi connectivity index (χ1) is 9.56. The molecule has 0 spiro atoms. The summed E-state index contributed by atoms with van der Waals surface area (Å²) in [7, 11) is 0. The molecule has 20 heavy (non-hydrogen) atoms. The van der Waals surface area contributed by atoms with Gasteiger partial charge in [0.2, 0.25) is 0 Å². The van der Waals surface area contributed by atoms with Crippen LogP contribution in [0.1, 0.15) is 12.8 Å². The summed E-state index contributed by atoms with van der Waals surface area (Å²) in [6, 6.07) is 5.25. The number of hydrogen-bond acceptors (Lipinski definition) is 4. The summed E-state index contributed by atoms with van der Waals surface area (Å²) in [4.78, 5) is 14.3. The molecule has 0 fully saturated rings. The Bertz CT molecular complexity index is 616. The molecule has 0 aliphatic carbocycles. The van der Waals surface area contributed by atoms with Gasteiger partial charge in [-0.2, -0.15) is 4.98 Å². The quantitative estimate of drug-likeness (QED) is 0.829. The minimum Gasteiger partial charge on any atom is -0.481 e. The number of carbonyl (C=O) groups is 1.